The van der Waals surface area contributed by atoms with E-state index < -0.39 is 0 Å². The van der Waals surface area contributed by atoms with E-state index in [1.165, 1.54) is 12.5 Å². The van der Waals surface area contributed by atoms with E-state index in [0.29, 0.717) is 18.3 Å². The number of nitrogens with two attached hydrogens (primary N) is 1. The van der Waals surface area contributed by atoms with Gasteiger partial charge in [0, 0.05) is 10.0 Å². The first-order chi connectivity index (χ1) is 8.89. The van der Waals surface area contributed by atoms with Gasteiger partial charge in [-0.05, 0) is 48.8 Å². The van der Waals surface area contributed by atoms with Crippen molar-refractivity contribution in [3.05, 3.63) is 34.1 Å². The van der Waals surface area contributed by atoms with Crippen LogP contribution in [0.3, 0.4) is 0 Å². The van der Waals surface area contributed by atoms with Crippen LogP contribution in [0.15, 0.2) is 22.7 Å². The molecule has 0 aliphatic heterocycles. The first kappa shape index (κ1) is 15.0. The lowest BCUT2D eigenvalue weighted by Gasteiger charge is -2.40. The Balaban J connectivity index is 2.12. The topological polar surface area (TPSA) is 26.0 Å². The van der Waals surface area contributed by atoms with Gasteiger partial charge < -0.3 is 5.73 Å². The van der Waals surface area contributed by atoms with E-state index in [1.807, 2.05) is 12.1 Å². The molecule has 1 aliphatic carbocycles. The maximum absolute atomic E-state index is 13.9. The highest BCUT2D eigenvalue weighted by atomic mass is 79.9. The molecule has 1 nitrogen and oxygen atoms in total. The Morgan fingerprint density at radius 1 is 1.47 bits per heavy atom. The summed E-state index contributed by atoms with van der Waals surface area (Å²) in [6, 6.07) is 5.28. The maximum atomic E-state index is 13.9. The first-order valence-electron chi connectivity index (χ1n) is 7.12. The molecule has 1 saturated carbocycles. The third-order valence-corrected chi connectivity index (χ3v) is 4.91. The molecule has 0 bridgehead atoms. The van der Waals surface area contributed by atoms with Gasteiger partial charge in [0.2, 0.25) is 0 Å². The van der Waals surface area contributed by atoms with Crippen LogP contribution in [0, 0.1) is 17.7 Å². The van der Waals surface area contributed by atoms with Gasteiger partial charge in [-0.25, -0.2) is 4.39 Å². The third-order valence-electron chi connectivity index (χ3n) is 4.42. The SMILES string of the molecule is CC(C)C1CCCC(N)(Cc2ccc(Br)cc2F)C1. The minimum Gasteiger partial charge on any atom is -0.325 e. The molecule has 1 fully saturated rings. The van der Waals surface area contributed by atoms with Crippen molar-refractivity contribution in [2.75, 3.05) is 0 Å². The summed E-state index contributed by atoms with van der Waals surface area (Å²) in [5.74, 6) is 1.20. The molecule has 0 heterocycles. The molecule has 3 heteroatoms. The van der Waals surface area contributed by atoms with E-state index in [4.69, 9.17) is 5.73 Å². The monoisotopic (exact) mass is 327 g/mol. The summed E-state index contributed by atoms with van der Waals surface area (Å²) in [5.41, 5.74) is 7.06. The quantitative estimate of drug-likeness (QED) is 0.857. The summed E-state index contributed by atoms with van der Waals surface area (Å²) < 4.78 is 14.7. The Labute approximate surface area is 123 Å². The Kier molecular flexibility index (Phi) is 4.67. The molecule has 0 radical (unpaired) electrons. The van der Waals surface area contributed by atoms with Crippen molar-refractivity contribution < 1.29 is 4.39 Å². The van der Waals surface area contributed by atoms with Crippen LogP contribution in [-0.4, -0.2) is 5.54 Å². The van der Waals surface area contributed by atoms with E-state index in [0.717, 1.165) is 29.3 Å². The number of hydrogen-bond acceptors (Lipinski definition) is 1. The highest BCUT2D eigenvalue weighted by molar-refractivity contribution is 9.10. The average molecular weight is 328 g/mol. The van der Waals surface area contributed by atoms with Gasteiger partial charge in [-0.3, -0.25) is 0 Å². The van der Waals surface area contributed by atoms with Crippen molar-refractivity contribution >= 4 is 15.9 Å². The Hall–Kier alpha value is -0.410. The van der Waals surface area contributed by atoms with Crippen LogP contribution >= 0.6 is 15.9 Å². The molecule has 0 spiro atoms. The van der Waals surface area contributed by atoms with E-state index >= 15 is 0 Å². The van der Waals surface area contributed by atoms with Gasteiger partial charge in [-0.15, -0.1) is 0 Å². The van der Waals surface area contributed by atoms with Crippen LogP contribution < -0.4 is 5.73 Å². The summed E-state index contributed by atoms with van der Waals surface area (Å²) in [4.78, 5) is 0. The summed E-state index contributed by atoms with van der Waals surface area (Å²) in [6.45, 7) is 4.52. The van der Waals surface area contributed by atoms with E-state index in [-0.39, 0.29) is 11.4 Å². The van der Waals surface area contributed by atoms with Crippen molar-refractivity contribution in [1.82, 2.24) is 0 Å². The molecular formula is C16H23BrFN. The van der Waals surface area contributed by atoms with Gasteiger partial charge in [-0.1, -0.05) is 48.7 Å². The molecule has 0 saturated heterocycles. The zero-order valence-corrected chi connectivity index (χ0v) is 13.3. The second kappa shape index (κ2) is 5.92. The van der Waals surface area contributed by atoms with Crippen LogP contribution in [0.4, 0.5) is 4.39 Å². The summed E-state index contributed by atoms with van der Waals surface area (Å²) in [5, 5.41) is 0. The molecule has 19 heavy (non-hydrogen) atoms. The molecule has 106 valence electrons. The molecule has 1 aromatic carbocycles. The normalized spacial score (nSPS) is 27.8. The largest absolute Gasteiger partial charge is 0.325 e. The average Bonchev–Trinajstić information content (AvgIpc) is 2.33. The fourth-order valence-corrected chi connectivity index (χ4v) is 3.55. The molecule has 2 atom stereocenters. The lowest BCUT2D eigenvalue weighted by atomic mass is 9.70. The minimum atomic E-state index is -0.234. The van der Waals surface area contributed by atoms with Gasteiger partial charge in [0.25, 0.3) is 0 Å². The predicted octanol–water partition coefficient (Wildman–Crippen LogP) is 4.67. The summed E-state index contributed by atoms with van der Waals surface area (Å²) in [7, 11) is 0. The Morgan fingerprint density at radius 2 is 2.21 bits per heavy atom. The molecule has 1 aliphatic rings. The summed E-state index contributed by atoms with van der Waals surface area (Å²) >= 11 is 3.29. The number of hydrogen-bond donors (Lipinski definition) is 1. The van der Waals surface area contributed by atoms with Crippen molar-refractivity contribution in [2.45, 2.75) is 51.5 Å². The molecule has 2 N–H and O–H groups in total. The number of rotatable bonds is 3. The molecule has 1 aromatic rings. The molecule has 0 amide bonds. The fraction of sp³-hybridized carbons (Fsp3) is 0.625. The molecule has 2 unspecified atom stereocenters. The zero-order chi connectivity index (χ0) is 14.0. The number of halogens is 2. The Bertz CT molecular complexity index is 446. The van der Waals surface area contributed by atoms with Crippen LogP contribution in [-0.2, 0) is 6.42 Å². The van der Waals surface area contributed by atoms with Crippen molar-refractivity contribution in [3.8, 4) is 0 Å². The molecular weight excluding hydrogens is 305 g/mol. The smallest absolute Gasteiger partial charge is 0.127 e. The minimum absolute atomic E-state index is 0.147. The van der Waals surface area contributed by atoms with Crippen LogP contribution in [0.5, 0.6) is 0 Å². The summed E-state index contributed by atoms with van der Waals surface area (Å²) in [6.07, 6.45) is 5.10. The van der Waals surface area contributed by atoms with Gasteiger partial charge in [0.15, 0.2) is 0 Å². The van der Waals surface area contributed by atoms with Crippen LogP contribution in [0.1, 0.15) is 45.1 Å². The Morgan fingerprint density at radius 3 is 2.84 bits per heavy atom. The number of benzene rings is 1. The standard InChI is InChI=1S/C16H23BrFN/c1-11(2)12-4-3-7-16(19,9-12)10-13-5-6-14(17)8-15(13)18/h5-6,8,11-12H,3-4,7,9-10,19H2,1-2H3. The maximum Gasteiger partial charge on any atom is 0.127 e. The highest BCUT2D eigenvalue weighted by Crippen LogP contribution is 2.37. The second-order valence-corrected chi connectivity index (χ2v) is 7.29. The van der Waals surface area contributed by atoms with Gasteiger partial charge in [-0.2, -0.15) is 0 Å². The van der Waals surface area contributed by atoms with Gasteiger partial charge in [0.05, 0.1) is 0 Å². The van der Waals surface area contributed by atoms with Crippen molar-refractivity contribution in [3.63, 3.8) is 0 Å². The van der Waals surface area contributed by atoms with Crippen molar-refractivity contribution in [2.24, 2.45) is 17.6 Å². The zero-order valence-electron chi connectivity index (χ0n) is 11.8. The molecule has 0 aromatic heterocycles. The van der Waals surface area contributed by atoms with E-state index in [2.05, 4.69) is 29.8 Å². The lowest BCUT2D eigenvalue weighted by molar-refractivity contribution is 0.181. The van der Waals surface area contributed by atoms with E-state index in [1.54, 1.807) is 0 Å². The van der Waals surface area contributed by atoms with Gasteiger partial charge in [0.1, 0.15) is 5.82 Å². The second-order valence-electron chi connectivity index (χ2n) is 6.38. The molecule has 2 rings (SSSR count). The fourth-order valence-electron chi connectivity index (χ4n) is 3.22. The van der Waals surface area contributed by atoms with Crippen LogP contribution in [0.25, 0.3) is 0 Å². The third kappa shape index (κ3) is 3.79. The highest BCUT2D eigenvalue weighted by Gasteiger charge is 2.34. The van der Waals surface area contributed by atoms with Crippen LogP contribution in [0.2, 0.25) is 0 Å². The van der Waals surface area contributed by atoms with E-state index in [9.17, 15) is 4.39 Å². The first-order valence-corrected chi connectivity index (χ1v) is 7.92. The van der Waals surface area contributed by atoms with Gasteiger partial charge >= 0.3 is 0 Å². The lowest BCUT2D eigenvalue weighted by Crippen LogP contribution is -2.47. The predicted molar refractivity (Wildman–Crippen MR) is 81.5 cm³/mol. The van der Waals surface area contributed by atoms with Crippen molar-refractivity contribution in [1.29, 1.82) is 0 Å².